The van der Waals surface area contributed by atoms with Gasteiger partial charge in [0.2, 0.25) is 0 Å². The molecular formula is C8H13F. The van der Waals surface area contributed by atoms with E-state index in [2.05, 4.69) is 6.92 Å². The summed E-state index contributed by atoms with van der Waals surface area (Å²) in [5, 5.41) is 0. The average Bonchev–Trinajstić information content (AvgIpc) is 1.80. The summed E-state index contributed by atoms with van der Waals surface area (Å²) in [5.74, 6) is 0.245. The van der Waals surface area contributed by atoms with Crippen LogP contribution in [0.3, 0.4) is 0 Å². The molecule has 0 aromatic heterocycles. The molecule has 0 N–H and O–H groups in total. The molecule has 2 atom stereocenters. The standard InChI is InChI=1S/C8H13F/c1-6-3-4-8(9)7(2)5-6/h3,7-8H,4-5H2,1-2H3/t7?,8-/m1/s1. The van der Waals surface area contributed by atoms with Gasteiger partial charge in [0.15, 0.2) is 0 Å². The van der Waals surface area contributed by atoms with Gasteiger partial charge in [0, 0.05) is 0 Å². The lowest BCUT2D eigenvalue weighted by Gasteiger charge is -2.20. The molecule has 0 aliphatic heterocycles. The van der Waals surface area contributed by atoms with Gasteiger partial charge in [-0.2, -0.15) is 0 Å². The van der Waals surface area contributed by atoms with Crippen molar-refractivity contribution in [3.05, 3.63) is 11.6 Å². The zero-order valence-corrected chi connectivity index (χ0v) is 6.02. The second-order valence-corrected chi connectivity index (χ2v) is 2.98. The van der Waals surface area contributed by atoms with Crippen molar-refractivity contribution >= 4 is 0 Å². The molecule has 0 saturated carbocycles. The van der Waals surface area contributed by atoms with Crippen molar-refractivity contribution in [1.82, 2.24) is 0 Å². The van der Waals surface area contributed by atoms with Crippen LogP contribution in [0, 0.1) is 5.92 Å². The summed E-state index contributed by atoms with van der Waals surface area (Å²) in [5.41, 5.74) is 1.34. The first-order chi connectivity index (χ1) is 4.20. The predicted octanol–water partition coefficient (Wildman–Crippen LogP) is 2.70. The molecule has 0 spiro atoms. The van der Waals surface area contributed by atoms with Crippen molar-refractivity contribution < 1.29 is 4.39 Å². The van der Waals surface area contributed by atoms with E-state index >= 15 is 0 Å². The van der Waals surface area contributed by atoms with Gasteiger partial charge in [0.05, 0.1) is 0 Å². The van der Waals surface area contributed by atoms with Gasteiger partial charge >= 0.3 is 0 Å². The first-order valence-electron chi connectivity index (χ1n) is 3.50. The summed E-state index contributed by atoms with van der Waals surface area (Å²) in [6, 6.07) is 0. The molecule has 0 fully saturated rings. The lowest BCUT2D eigenvalue weighted by atomic mass is 9.90. The fourth-order valence-electron chi connectivity index (χ4n) is 1.27. The molecule has 1 unspecified atom stereocenters. The summed E-state index contributed by atoms with van der Waals surface area (Å²) in [4.78, 5) is 0. The highest BCUT2D eigenvalue weighted by Gasteiger charge is 2.18. The van der Waals surface area contributed by atoms with E-state index < -0.39 is 6.17 Å². The van der Waals surface area contributed by atoms with Crippen molar-refractivity contribution in [3.8, 4) is 0 Å². The molecule has 1 heteroatoms. The van der Waals surface area contributed by atoms with Crippen LogP contribution < -0.4 is 0 Å². The zero-order valence-electron chi connectivity index (χ0n) is 6.02. The van der Waals surface area contributed by atoms with E-state index in [9.17, 15) is 4.39 Å². The average molecular weight is 128 g/mol. The first kappa shape index (κ1) is 6.79. The molecule has 1 rings (SSSR count). The summed E-state index contributed by atoms with van der Waals surface area (Å²) < 4.78 is 12.7. The molecule has 1 aliphatic rings. The molecule has 9 heavy (non-hydrogen) atoms. The summed E-state index contributed by atoms with van der Waals surface area (Å²) >= 11 is 0. The number of halogens is 1. The quantitative estimate of drug-likeness (QED) is 0.440. The first-order valence-corrected chi connectivity index (χ1v) is 3.50. The Morgan fingerprint density at radius 3 is 2.78 bits per heavy atom. The van der Waals surface area contributed by atoms with Crippen LogP contribution in [0.15, 0.2) is 11.6 Å². The predicted molar refractivity (Wildman–Crippen MR) is 37.1 cm³/mol. The van der Waals surface area contributed by atoms with Crippen LogP contribution in [0.1, 0.15) is 26.7 Å². The van der Waals surface area contributed by atoms with Crippen molar-refractivity contribution in [1.29, 1.82) is 0 Å². The van der Waals surface area contributed by atoms with Crippen LogP contribution in [0.4, 0.5) is 4.39 Å². The normalized spacial score (nSPS) is 36.1. The Balaban J connectivity index is 2.54. The largest absolute Gasteiger partial charge is 0.247 e. The van der Waals surface area contributed by atoms with E-state index in [0.29, 0.717) is 6.42 Å². The summed E-state index contributed by atoms with van der Waals surface area (Å²) in [7, 11) is 0. The molecule has 0 radical (unpaired) electrons. The van der Waals surface area contributed by atoms with Crippen LogP contribution in [0.2, 0.25) is 0 Å². The van der Waals surface area contributed by atoms with Crippen molar-refractivity contribution in [2.45, 2.75) is 32.9 Å². The topological polar surface area (TPSA) is 0 Å². The fraction of sp³-hybridized carbons (Fsp3) is 0.750. The highest BCUT2D eigenvalue weighted by atomic mass is 19.1. The third-order valence-electron chi connectivity index (χ3n) is 1.95. The SMILES string of the molecule is CC1=CC[C@@H](F)C(C)C1. The fourth-order valence-corrected chi connectivity index (χ4v) is 1.27. The zero-order chi connectivity index (χ0) is 6.85. The Hall–Kier alpha value is -0.330. The molecule has 0 aromatic rings. The summed E-state index contributed by atoms with van der Waals surface area (Å²) in [6.45, 7) is 4.05. The van der Waals surface area contributed by atoms with Gasteiger partial charge in [-0.1, -0.05) is 18.6 Å². The van der Waals surface area contributed by atoms with E-state index in [1.54, 1.807) is 0 Å². The van der Waals surface area contributed by atoms with Gasteiger partial charge in [-0.05, 0) is 25.7 Å². The van der Waals surface area contributed by atoms with Crippen molar-refractivity contribution in [3.63, 3.8) is 0 Å². The third-order valence-corrected chi connectivity index (χ3v) is 1.95. The molecule has 52 valence electrons. The minimum absolute atomic E-state index is 0.245. The molecule has 0 nitrogen and oxygen atoms in total. The molecule has 1 aliphatic carbocycles. The van der Waals surface area contributed by atoms with E-state index in [1.165, 1.54) is 5.57 Å². The Morgan fingerprint density at radius 2 is 2.33 bits per heavy atom. The Kier molecular flexibility index (Phi) is 1.89. The van der Waals surface area contributed by atoms with Crippen molar-refractivity contribution in [2.24, 2.45) is 5.92 Å². The van der Waals surface area contributed by atoms with Crippen LogP contribution >= 0.6 is 0 Å². The molecule has 0 heterocycles. The van der Waals surface area contributed by atoms with Gasteiger partial charge in [-0.25, -0.2) is 4.39 Å². The van der Waals surface area contributed by atoms with Crippen LogP contribution in [0.5, 0.6) is 0 Å². The lowest BCUT2D eigenvalue weighted by Crippen LogP contribution is -2.15. The van der Waals surface area contributed by atoms with E-state index in [-0.39, 0.29) is 5.92 Å². The number of hydrogen-bond donors (Lipinski definition) is 0. The minimum atomic E-state index is -0.589. The highest BCUT2D eigenvalue weighted by Crippen LogP contribution is 2.25. The second-order valence-electron chi connectivity index (χ2n) is 2.98. The van der Waals surface area contributed by atoms with Gasteiger partial charge in [0.1, 0.15) is 6.17 Å². The van der Waals surface area contributed by atoms with Crippen LogP contribution in [0.25, 0.3) is 0 Å². The van der Waals surface area contributed by atoms with Gasteiger partial charge < -0.3 is 0 Å². The Bertz CT molecular complexity index is 127. The van der Waals surface area contributed by atoms with E-state index in [0.717, 1.165) is 6.42 Å². The molecule has 0 amide bonds. The maximum Gasteiger partial charge on any atom is 0.106 e. The second kappa shape index (κ2) is 2.51. The van der Waals surface area contributed by atoms with E-state index in [4.69, 9.17) is 0 Å². The van der Waals surface area contributed by atoms with Crippen molar-refractivity contribution in [2.75, 3.05) is 0 Å². The smallest absolute Gasteiger partial charge is 0.106 e. The monoisotopic (exact) mass is 128 g/mol. The molecule has 0 saturated heterocycles. The van der Waals surface area contributed by atoms with Gasteiger partial charge in [-0.3, -0.25) is 0 Å². The van der Waals surface area contributed by atoms with Crippen LogP contribution in [-0.2, 0) is 0 Å². The van der Waals surface area contributed by atoms with Crippen LogP contribution in [-0.4, -0.2) is 6.17 Å². The highest BCUT2D eigenvalue weighted by molar-refractivity contribution is 5.05. The maximum absolute atomic E-state index is 12.7. The lowest BCUT2D eigenvalue weighted by molar-refractivity contribution is 0.232. The molecular weight excluding hydrogens is 115 g/mol. The Labute approximate surface area is 55.8 Å². The maximum atomic E-state index is 12.7. The van der Waals surface area contributed by atoms with Gasteiger partial charge in [-0.15, -0.1) is 0 Å². The molecule has 0 bridgehead atoms. The number of rotatable bonds is 0. The minimum Gasteiger partial charge on any atom is -0.247 e. The van der Waals surface area contributed by atoms with E-state index in [1.807, 2.05) is 13.0 Å². The number of allylic oxidation sites excluding steroid dienone is 2. The Morgan fingerprint density at radius 1 is 1.67 bits per heavy atom. The molecule has 0 aromatic carbocycles. The third kappa shape index (κ3) is 1.54. The number of hydrogen-bond acceptors (Lipinski definition) is 0. The van der Waals surface area contributed by atoms with Gasteiger partial charge in [0.25, 0.3) is 0 Å². The summed E-state index contributed by atoms with van der Waals surface area (Å²) in [6.07, 6.45) is 2.99. The number of alkyl halides is 1.